The Morgan fingerprint density at radius 1 is 0.321 bits per heavy atom. The van der Waals surface area contributed by atoms with Gasteiger partial charge in [-0.25, -0.2) is 15.0 Å². The number of nitrogens with zero attached hydrogens (tertiary/aromatic N) is 3. The van der Waals surface area contributed by atoms with Crippen molar-refractivity contribution in [3.8, 4) is 67.5 Å². The minimum absolute atomic E-state index is 0.606. The second kappa shape index (κ2) is 13.3. The number of rotatable bonds is 6. The first-order chi connectivity index (χ1) is 27.7. The van der Waals surface area contributed by atoms with Crippen molar-refractivity contribution in [1.29, 1.82) is 0 Å². The van der Waals surface area contributed by atoms with Crippen molar-refractivity contribution in [2.24, 2.45) is 0 Å². The molecule has 0 N–H and O–H groups in total. The summed E-state index contributed by atoms with van der Waals surface area (Å²) in [6.07, 6.45) is 0. The molecule has 3 aromatic heterocycles. The van der Waals surface area contributed by atoms with Gasteiger partial charge < -0.3 is 4.42 Å². The van der Waals surface area contributed by atoms with E-state index in [0.29, 0.717) is 17.5 Å². The van der Waals surface area contributed by atoms with E-state index < -0.39 is 0 Å². The molecule has 4 nitrogen and oxygen atoms in total. The molecule has 0 saturated carbocycles. The van der Waals surface area contributed by atoms with Gasteiger partial charge in [-0.1, -0.05) is 133 Å². The molecule has 262 valence electrons. The monoisotopic (exact) mass is 733 g/mol. The predicted octanol–water partition coefficient (Wildman–Crippen LogP) is 14.1. The van der Waals surface area contributed by atoms with Crippen LogP contribution in [0.25, 0.3) is 110 Å². The average Bonchev–Trinajstić information content (AvgIpc) is 3.85. The highest BCUT2D eigenvalue weighted by molar-refractivity contribution is 7.25. The lowest BCUT2D eigenvalue weighted by Gasteiger charge is -2.13. The molecule has 0 aliphatic heterocycles. The molecule has 0 fully saturated rings. The summed E-state index contributed by atoms with van der Waals surface area (Å²) in [6.45, 7) is 0. The van der Waals surface area contributed by atoms with Crippen molar-refractivity contribution in [2.75, 3.05) is 0 Å². The third-order valence-electron chi connectivity index (χ3n) is 10.5. The number of aromatic nitrogens is 3. The van der Waals surface area contributed by atoms with E-state index in [1.54, 1.807) is 0 Å². The Hall–Kier alpha value is -7.21. The molecular weight excluding hydrogens is 703 g/mol. The van der Waals surface area contributed by atoms with E-state index in [2.05, 4.69) is 152 Å². The van der Waals surface area contributed by atoms with Crippen LogP contribution in [0.2, 0.25) is 0 Å². The molecule has 0 aliphatic carbocycles. The van der Waals surface area contributed by atoms with Gasteiger partial charge in [-0.2, -0.15) is 0 Å². The van der Waals surface area contributed by atoms with Crippen molar-refractivity contribution >= 4 is 53.4 Å². The van der Waals surface area contributed by atoms with Crippen LogP contribution in [0.4, 0.5) is 0 Å². The Labute approximate surface area is 327 Å². The SMILES string of the molecule is c1ccc(-c2cccc(-c3nc(-c4ccccc4)nc(-c4cc(-c5ccc6c(c5)oc5ccccc56)cc(-c5cccc6sc7ccccc7c56)c4)n3)c2)cc1. The first-order valence-corrected chi connectivity index (χ1v) is 19.5. The largest absolute Gasteiger partial charge is 0.456 e. The van der Waals surface area contributed by atoms with Gasteiger partial charge in [-0.3, -0.25) is 0 Å². The Bertz CT molecular complexity index is 3260. The average molecular weight is 734 g/mol. The number of benzene rings is 8. The van der Waals surface area contributed by atoms with E-state index in [9.17, 15) is 0 Å². The summed E-state index contributed by atoms with van der Waals surface area (Å²) in [6, 6.07) is 65.8. The van der Waals surface area contributed by atoms with E-state index >= 15 is 0 Å². The maximum absolute atomic E-state index is 6.38. The lowest BCUT2D eigenvalue weighted by atomic mass is 9.93. The van der Waals surface area contributed by atoms with Crippen LogP contribution in [0, 0.1) is 0 Å². The number of hydrogen-bond donors (Lipinski definition) is 0. The second-order valence-corrected chi connectivity index (χ2v) is 15.1. The van der Waals surface area contributed by atoms with Crippen molar-refractivity contribution in [2.45, 2.75) is 0 Å². The second-order valence-electron chi connectivity index (χ2n) is 14.0. The van der Waals surface area contributed by atoms with Crippen molar-refractivity contribution in [3.63, 3.8) is 0 Å². The molecule has 11 rings (SSSR count). The Balaban J connectivity index is 1.15. The fourth-order valence-electron chi connectivity index (χ4n) is 7.82. The minimum Gasteiger partial charge on any atom is -0.456 e. The summed E-state index contributed by atoms with van der Waals surface area (Å²) in [5.41, 5.74) is 11.1. The molecule has 5 heteroatoms. The molecule has 0 saturated heterocycles. The normalized spacial score (nSPS) is 11.6. The van der Waals surface area contributed by atoms with Gasteiger partial charge in [0, 0.05) is 47.6 Å². The van der Waals surface area contributed by atoms with Crippen molar-refractivity contribution < 1.29 is 4.42 Å². The van der Waals surface area contributed by atoms with E-state index in [1.807, 2.05) is 47.7 Å². The molecule has 56 heavy (non-hydrogen) atoms. The molecule has 0 bridgehead atoms. The van der Waals surface area contributed by atoms with Crippen molar-refractivity contribution in [1.82, 2.24) is 15.0 Å². The summed E-state index contributed by atoms with van der Waals surface area (Å²) in [5, 5.41) is 4.72. The van der Waals surface area contributed by atoms with Gasteiger partial charge >= 0.3 is 0 Å². The lowest BCUT2D eigenvalue weighted by Crippen LogP contribution is -2.00. The van der Waals surface area contributed by atoms with Crippen LogP contribution >= 0.6 is 11.3 Å². The Morgan fingerprint density at radius 3 is 1.71 bits per heavy atom. The number of furan rings is 1. The summed E-state index contributed by atoms with van der Waals surface area (Å²) in [7, 11) is 0. The van der Waals surface area contributed by atoms with Gasteiger partial charge in [-0.15, -0.1) is 11.3 Å². The van der Waals surface area contributed by atoms with E-state index in [4.69, 9.17) is 19.4 Å². The van der Waals surface area contributed by atoms with Gasteiger partial charge in [0.2, 0.25) is 0 Å². The smallest absolute Gasteiger partial charge is 0.164 e. The maximum Gasteiger partial charge on any atom is 0.164 e. The van der Waals surface area contributed by atoms with Gasteiger partial charge in [0.15, 0.2) is 17.5 Å². The van der Waals surface area contributed by atoms with Gasteiger partial charge in [-0.05, 0) is 88.0 Å². The quantitative estimate of drug-likeness (QED) is 0.171. The molecule has 0 radical (unpaired) electrons. The van der Waals surface area contributed by atoms with E-state index in [-0.39, 0.29) is 0 Å². The van der Waals surface area contributed by atoms with Crippen LogP contribution < -0.4 is 0 Å². The zero-order chi connectivity index (χ0) is 37.0. The van der Waals surface area contributed by atoms with Crippen LogP contribution in [0.1, 0.15) is 0 Å². The molecule has 0 unspecified atom stereocenters. The van der Waals surface area contributed by atoms with Crippen LogP contribution in [0.3, 0.4) is 0 Å². The zero-order valence-electron chi connectivity index (χ0n) is 30.1. The molecule has 0 atom stereocenters. The highest BCUT2D eigenvalue weighted by Crippen LogP contribution is 2.42. The number of hydrogen-bond acceptors (Lipinski definition) is 5. The van der Waals surface area contributed by atoms with Gasteiger partial charge in [0.05, 0.1) is 0 Å². The van der Waals surface area contributed by atoms with Gasteiger partial charge in [0.1, 0.15) is 11.2 Å². The van der Waals surface area contributed by atoms with E-state index in [1.165, 1.54) is 25.7 Å². The third-order valence-corrected chi connectivity index (χ3v) is 11.6. The fraction of sp³-hybridized carbons (Fsp3) is 0. The summed E-state index contributed by atoms with van der Waals surface area (Å²) < 4.78 is 8.91. The molecule has 11 aromatic rings. The van der Waals surface area contributed by atoms with Crippen LogP contribution in [-0.4, -0.2) is 15.0 Å². The molecule has 3 heterocycles. The summed E-state index contributed by atoms with van der Waals surface area (Å²) >= 11 is 1.83. The molecular formula is C51H31N3OS. The number of fused-ring (bicyclic) bond motifs is 6. The van der Waals surface area contributed by atoms with Crippen molar-refractivity contribution in [3.05, 3.63) is 188 Å². The Morgan fingerprint density at radius 2 is 0.875 bits per heavy atom. The highest BCUT2D eigenvalue weighted by atomic mass is 32.1. The predicted molar refractivity (Wildman–Crippen MR) is 233 cm³/mol. The maximum atomic E-state index is 6.38. The summed E-state index contributed by atoms with van der Waals surface area (Å²) in [5.74, 6) is 1.85. The summed E-state index contributed by atoms with van der Waals surface area (Å²) in [4.78, 5) is 15.5. The first kappa shape index (κ1) is 32.2. The molecule has 0 amide bonds. The highest BCUT2D eigenvalue weighted by Gasteiger charge is 2.18. The van der Waals surface area contributed by atoms with Gasteiger partial charge in [0.25, 0.3) is 0 Å². The van der Waals surface area contributed by atoms with Crippen LogP contribution in [0.15, 0.2) is 192 Å². The zero-order valence-corrected chi connectivity index (χ0v) is 30.9. The first-order valence-electron chi connectivity index (χ1n) is 18.7. The fourth-order valence-corrected chi connectivity index (χ4v) is 8.95. The topological polar surface area (TPSA) is 51.8 Å². The Kier molecular flexibility index (Phi) is 7.64. The number of thiophene rings is 1. The van der Waals surface area contributed by atoms with Crippen LogP contribution in [0.5, 0.6) is 0 Å². The number of para-hydroxylation sites is 1. The molecule has 0 aliphatic rings. The third kappa shape index (κ3) is 5.65. The lowest BCUT2D eigenvalue weighted by molar-refractivity contribution is 0.669. The van der Waals surface area contributed by atoms with Crippen LogP contribution in [-0.2, 0) is 0 Å². The molecule has 8 aromatic carbocycles. The minimum atomic E-state index is 0.606. The standard InChI is InChI=1S/C51H31N3OS/c1-3-13-32(14-4-1)34-17-11-18-36(27-34)50-52-49(33-15-5-2-6-16-33)53-51(54-50)39-29-37(35-25-26-42-41-19-7-9-22-44(41)55-45(42)31-35)28-38(30-39)40-21-12-24-47-48(40)43-20-8-10-23-46(43)56-47/h1-31H. The van der Waals surface area contributed by atoms with E-state index in [0.717, 1.165) is 66.4 Å². The molecule has 0 spiro atoms.